The first-order valence-corrected chi connectivity index (χ1v) is 41.5. The Morgan fingerprint density at radius 3 is 0.614 bits per heavy atom. The normalized spacial score (nSPS) is 10.8. The number of pyridine rings is 8. The SMILES string of the molecule is COc1ccnc(CN(Cc2cc(OC)ccn2)C(=O)c2cc(C(=O)NCCOCCOCCNC(=O)c3cccc(C(=O)NCCOCCOCCNC(=O)c4cc(C(=O)N(Cc5cc(OC)ccn5)Cc5cc(OC)ccn5)c(O)c(C(=O)N(Cc5cc(OC)ccn5)Cc5cc(OC)ccn5)c4)c3)cc(C(=O)N(Cc3cc(OC)ccn3)Cc3cc(OC)ccn3)c2O)c1. The Morgan fingerprint density at radius 2 is 0.432 bits per heavy atom. The van der Waals surface area contributed by atoms with Gasteiger partial charge in [-0.1, -0.05) is 6.07 Å². The average molecular weight is 1810 g/mol. The van der Waals surface area contributed by atoms with Crippen LogP contribution in [-0.4, -0.2) is 253 Å². The summed E-state index contributed by atoms with van der Waals surface area (Å²) >= 11 is 0. The Bertz CT molecular complexity index is 4980. The van der Waals surface area contributed by atoms with Gasteiger partial charge in [0.15, 0.2) is 0 Å². The van der Waals surface area contributed by atoms with E-state index in [4.69, 9.17) is 56.8 Å². The molecule has 0 aliphatic heterocycles. The fourth-order valence-corrected chi connectivity index (χ4v) is 13.4. The second kappa shape index (κ2) is 49.7. The maximum atomic E-state index is 15.2. The lowest BCUT2D eigenvalue weighted by Crippen LogP contribution is -2.34. The third-order valence-electron chi connectivity index (χ3n) is 20.1. The third-order valence-corrected chi connectivity index (χ3v) is 20.1. The number of ether oxygens (including phenoxy) is 12. The largest absolute Gasteiger partial charge is 0.506 e. The van der Waals surface area contributed by atoms with Crippen molar-refractivity contribution in [3.05, 3.63) is 285 Å². The van der Waals surface area contributed by atoms with E-state index in [1.807, 2.05) is 0 Å². The number of benzene rings is 3. The van der Waals surface area contributed by atoms with Crippen LogP contribution in [0.25, 0.3) is 0 Å². The number of phenols is 2. The number of carbonyl (C=O) groups is 8. The number of phenolic OH excluding ortho intramolecular Hbond substituents is 2. The minimum atomic E-state index is -0.793. The molecule has 0 spiro atoms. The second-order valence-corrected chi connectivity index (χ2v) is 29.0. The number of aromatic hydroxyl groups is 2. The van der Waals surface area contributed by atoms with Gasteiger partial charge < -0.3 is 108 Å². The maximum Gasteiger partial charge on any atom is 0.258 e. The molecule has 6 N–H and O–H groups in total. The zero-order valence-electron chi connectivity index (χ0n) is 74.0. The lowest BCUT2D eigenvalue weighted by Gasteiger charge is -2.26. The van der Waals surface area contributed by atoms with Crippen molar-refractivity contribution in [2.75, 3.05) is 136 Å². The van der Waals surface area contributed by atoms with E-state index in [0.29, 0.717) is 91.5 Å². The molecule has 0 radical (unpaired) electrons. The number of hydrogen-bond donors (Lipinski definition) is 6. The molecule has 132 heavy (non-hydrogen) atoms. The van der Waals surface area contributed by atoms with Crippen LogP contribution in [0.1, 0.15) is 128 Å². The summed E-state index contributed by atoms with van der Waals surface area (Å²) in [6, 6.07) is 37.2. The van der Waals surface area contributed by atoms with E-state index in [9.17, 15) is 29.4 Å². The standard InChI is InChI=1S/C94H102N16O22/c1-121-73-12-20-95-65(45-73)53-107(54-66-46-74(122-2)13-21-96-66)91(117)81-41-63(42-82(85(81)111)92(118)108(55-67-47-75(123-3)14-22-97-67)56-68-48-76(124-4)15-23-98-68)89(115)105-30-34-131-38-36-129-32-28-103-87(113)61-10-9-11-62(40-61)88(114)104-29-33-130-37-39-132-35-31-106-90(116)64-43-83(93(119)109(57-69-49-77(125-5)16-24-99-69)58-70-50-78(126-6)17-25-100-70)86(112)84(44-64)94(120)110(59-71-51-79(127-7)18-26-101-71)60-72-52-80(128-8)19-27-102-72/h9-27,40-52,111-112H,28-39,53-60H2,1-8H3,(H,103,113)(H,104,114)(H,105,115)(H,106,116). The van der Waals surface area contributed by atoms with Crippen LogP contribution in [0.3, 0.4) is 0 Å². The first kappa shape index (κ1) is 97.1. The molecule has 0 bridgehead atoms. The fourth-order valence-electron chi connectivity index (χ4n) is 13.4. The van der Waals surface area contributed by atoms with Crippen LogP contribution in [0.15, 0.2) is 195 Å². The van der Waals surface area contributed by atoms with Crippen molar-refractivity contribution >= 4 is 47.3 Å². The molecule has 8 amide bonds. The molecule has 0 aliphatic rings. The van der Waals surface area contributed by atoms with E-state index < -0.39 is 81.0 Å². The number of methoxy groups -OCH3 is 8. The van der Waals surface area contributed by atoms with Gasteiger partial charge in [-0.05, 0) is 91.0 Å². The van der Waals surface area contributed by atoms with E-state index in [1.165, 1.54) is 156 Å². The Labute approximate surface area is 760 Å². The van der Waals surface area contributed by atoms with Crippen LogP contribution in [0.5, 0.6) is 57.5 Å². The molecule has 38 nitrogen and oxygen atoms in total. The van der Waals surface area contributed by atoms with Gasteiger partial charge in [0.05, 0.1) is 230 Å². The van der Waals surface area contributed by atoms with E-state index in [-0.39, 0.29) is 154 Å². The summed E-state index contributed by atoms with van der Waals surface area (Å²) in [7, 11) is 11.9. The molecule has 38 heteroatoms. The number of nitrogens with one attached hydrogen (secondary N) is 4. The van der Waals surface area contributed by atoms with Crippen LogP contribution >= 0.6 is 0 Å². The quantitative estimate of drug-likeness (QED) is 0.0196. The first-order chi connectivity index (χ1) is 64.2. The number of hydrogen-bond acceptors (Lipinski definition) is 30. The van der Waals surface area contributed by atoms with Crippen LogP contribution in [0.4, 0.5) is 0 Å². The monoisotopic (exact) mass is 1810 g/mol. The highest BCUT2D eigenvalue weighted by atomic mass is 16.5. The van der Waals surface area contributed by atoms with E-state index in [1.54, 1.807) is 115 Å². The minimum absolute atomic E-state index is 0.00199. The summed E-state index contributed by atoms with van der Waals surface area (Å²) in [4.78, 5) is 157. The van der Waals surface area contributed by atoms with Crippen molar-refractivity contribution in [3.8, 4) is 57.5 Å². The third kappa shape index (κ3) is 28.2. The van der Waals surface area contributed by atoms with Gasteiger partial charge in [0.1, 0.15) is 57.5 Å². The minimum Gasteiger partial charge on any atom is -0.506 e. The van der Waals surface area contributed by atoms with Crippen molar-refractivity contribution in [1.29, 1.82) is 0 Å². The molecule has 0 unspecified atom stereocenters. The molecule has 8 aromatic heterocycles. The van der Waals surface area contributed by atoms with E-state index >= 15 is 19.2 Å². The van der Waals surface area contributed by atoms with Crippen molar-refractivity contribution in [3.63, 3.8) is 0 Å². The first-order valence-electron chi connectivity index (χ1n) is 41.5. The smallest absolute Gasteiger partial charge is 0.258 e. The molecule has 0 fully saturated rings. The van der Waals surface area contributed by atoms with Gasteiger partial charge in [0.25, 0.3) is 47.3 Å². The second-order valence-electron chi connectivity index (χ2n) is 29.0. The van der Waals surface area contributed by atoms with Gasteiger partial charge in [-0.3, -0.25) is 78.2 Å². The maximum absolute atomic E-state index is 15.2. The highest BCUT2D eigenvalue weighted by molar-refractivity contribution is 6.09. The molecule has 11 aromatic rings. The highest BCUT2D eigenvalue weighted by Gasteiger charge is 2.33. The summed E-state index contributed by atoms with van der Waals surface area (Å²) in [5.74, 6) is -3.25. The molecule has 3 aromatic carbocycles. The van der Waals surface area contributed by atoms with Crippen LogP contribution in [0.2, 0.25) is 0 Å². The summed E-state index contributed by atoms with van der Waals surface area (Å²) in [5, 5.41) is 35.7. The molecule has 0 saturated heterocycles. The van der Waals surface area contributed by atoms with Crippen molar-refractivity contribution in [2.24, 2.45) is 0 Å². The number of nitrogens with zero attached hydrogens (tertiary/aromatic N) is 12. The fraction of sp³-hybridized carbons (Fsp3) is 0.298. The Morgan fingerprint density at radius 1 is 0.250 bits per heavy atom. The summed E-state index contributed by atoms with van der Waals surface area (Å²) in [6.07, 6.45) is 12.1. The van der Waals surface area contributed by atoms with Crippen LogP contribution in [-0.2, 0) is 71.3 Å². The molecular formula is C94H102N16O22. The Hall–Kier alpha value is -15.5. The van der Waals surface area contributed by atoms with Gasteiger partial charge in [0.2, 0.25) is 0 Å². The van der Waals surface area contributed by atoms with Gasteiger partial charge >= 0.3 is 0 Å². The van der Waals surface area contributed by atoms with Crippen molar-refractivity contribution in [1.82, 2.24) is 80.7 Å². The topological polar surface area (TPSA) is 452 Å². The van der Waals surface area contributed by atoms with Gasteiger partial charge in [-0.15, -0.1) is 0 Å². The zero-order chi connectivity index (χ0) is 93.7. The van der Waals surface area contributed by atoms with E-state index in [2.05, 4.69) is 61.1 Å². The number of carbonyl (C=O) groups excluding carboxylic acids is 8. The molecular weight excluding hydrogens is 1710 g/mol. The summed E-state index contributed by atoms with van der Waals surface area (Å²) < 4.78 is 66.6. The average Bonchev–Trinajstić information content (AvgIpc) is 0.783. The predicted molar refractivity (Wildman–Crippen MR) is 476 cm³/mol. The van der Waals surface area contributed by atoms with Crippen molar-refractivity contribution < 1.29 is 105 Å². The predicted octanol–water partition coefficient (Wildman–Crippen LogP) is 8.08. The lowest BCUT2D eigenvalue weighted by molar-refractivity contribution is 0.0485. The Kier molecular flexibility index (Phi) is 36.6. The number of rotatable bonds is 50. The van der Waals surface area contributed by atoms with Gasteiger partial charge in [0, 0.05) is 147 Å². The Balaban J connectivity index is 0.646. The molecule has 0 atom stereocenters. The molecule has 11 rings (SSSR count). The zero-order valence-corrected chi connectivity index (χ0v) is 74.0. The van der Waals surface area contributed by atoms with Crippen LogP contribution in [0, 0.1) is 0 Å². The molecule has 8 heterocycles. The summed E-state index contributed by atoms with van der Waals surface area (Å²) in [5.41, 5.74) is 1.78. The summed E-state index contributed by atoms with van der Waals surface area (Å²) in [6.45, 7) is -0.438. The highest BCUT2D eigenvalue weighted by Crippen LogP contribution is 2.34. The lowest BCUT2D eigenvalue weighted by atomic mass is 10.0. The molecule has 0 saturated carbocycles. The molecule has 690 valence electrons. The van der Waals surface area contributed by atoms with Crippen LogP contribution < -0.4 is 59.2 Å². The number of aromatic nitrogens is 8. The van der Waals surface area contributed by atoms with Gasteiger partial charge in [-0.2, -0.15) is 0 Å². The number of amides is 8. The van der Waals surface area contributed by atoms with E-state index in [0.717, 1.165) is 0 Å². The van der Waals surface area contributed by atoms with Gasteiger partial charge in [-0.25, -0.2) is 0 Å². The van der Waals surface area contributed by atoms with Crippen molar-refractivity contribution in [2.45, 2.75) is 52.4 Å². The molecule has 0 aliphatic carbocycles.